The molecule has 0 saturated carbocycles. The van der Waals surface area contributed by atoms with E-state index >= 15 is 0 Å². The molecule has 0 aromatic rings. The molecule has 0 radical (unpaired) electrons. The number of halogens is 7. The van der Waals surface area contributed by atoms with Crippen LogP contribution in [0.3, 0.4) is 0 Å². The van der Waals surface area contributed by atoms with Gasteiger partial charge in [-0.05, 0) is 12.2 Å². The molecule has 0 amide bonds. The standard InChI is InChI=1S/C6H3F7O2/c7-4(5(8,9)10,6(11,12)13)2-1-3(14)15/h1-2H,(H,14,15)/p-1. The summed E-state index contributed by atoms with van der Waals surface area (Å²) in [6.07, 6.45) is -14.4. The quantitative estimate of drug-likeness (QED) is 0.535. The van der Waals surface area contributed by atoms with Crippen molar-refractivity contribution < 1.29 is 40.6 Å². The predicted octanol–water partition coefficient (Wildman–Crippen LogP) is 1.13. The van der Waals surface area contributed by atoms with Crippen LogP contribution in [0.1, 0.15) is 0 Å². The number of rotatable bonds is 2. The summed E-state index contributed by atoms with van der Waals surface area (Å²) in [6, 6.07) is 0. The molecule has 0 atom stereocenters. The second-order valence-electron chi connectivity index (χ2n) is 2.36. The van der Waals surface area contributed by atoms with E-state index in [4.69, 9.17) is 0 Å². The molecule has 0 aliphatic heterocycles. The Labute approximate surface area is 78.0 Å². The molecule has 0 spiro atoms. The third-order valence-electron chi connectivity index (χ3n) is 1.27. The van der Waals surface area contributed by atoms with E-state index in [-0.39, 0.29) is 0 Å². The van der Waals surface area contributed by atoms with Gasteiger partial charge in [-0.3, -0.25) is 0 Å². The van der Waals surface area contributed by atoms with Crippen molar-refractivity contribution in [3.05, 3.63) is 12.2 Å². The fourth-order valence-electron chi connectivity index (χ4n) is 0.533. The zero-order valence-electron chi connectivity index (χ0n) is 6.62. The molecular weight excluding hydrogens is 237 g/mol. The maximum absolute atomic E-state index is 12.5. The molecule has 0 unspecified atom stereocenters. The van der Waals surface area contributed by atoms with Gasteiger partial charge in [0.25, 0.3) is 0 Å². The maximum atomic E-state index is 12.5. The number of alkyl halides is 7. The molecule has 0 fully saturated rings. The van der Waals surface area contributed by atoms with Gasteiger partial charge in [0.05, 0.1) is 5.97 Å². The Kier molecular flexibility index (Phi) is 3.39. The summed E-state index contributed by atoms with van der Waals surface area (Å²) in [4.78, 5) is 9.60. The Hall–Kier alpha value is -1.28. The lowest BCUT2D eigenvalue weighted by Crippen LogP contribution is -2.51. The normalized spacial score (nSPS) is 14.6. The van der Waals surface area contributed by atoms with Crippen LogP contribution in [0.25, 0.3) is 0 Å². The molecule has 2 nitrogen and oxygen atoms in total. The first-order valence-electron chi connectivity index (χ1n) is 3.14. The Balaban J connectivity index is 5.34. The van der Waals surface area contributed by atoms with Crippen molar-refractivity contribution >= 4 is 5.97 Å². The second kappa shape index (κ2) is 3.70. The highest BCUT2D eigenvalue weighted by Crippen LogP contribution is 2.46. The van der Waals surface area contributed by atoms with Crippen LogP contribution in [0.2, 0.25) is 0 Å². The van der Waals surface area contributed by atoms with E-state index in [9.17, 15) is 40.6 Å². The molecule has 0 aromatic carbocycles. The van der Waals surface area contributed by atoms with E-state index in [2.05, 4.69) is 0 Å². The monoisotopic (exact) mass is 239 g/mol. The van der Waals surface area contributed by atoms with Gasteiger partial charge in [0, 0.05) is 0 Å². The van der Waals surface area contributed by atoms with Gasteiger partial charge in [-0.1, -0.05) is 0 Å². The molecule has 15 heavy (non-hydrogen) atoms. The zero-order chi connectivity index (χ0) is 12.5. The largest absolute Gasteiger partial charge is 0.545 e. The minimum Gasteiger partial charge on any atom is -0.545 e. The summed E-state index contributed by atoms with van der Waals surface area (Å²) in [5, 5.41) is 9.60. The Morgan fingerprint density at radius 2 is 1.27 bits per heavy atom. The van der Waals surface area contributed by atoms with Gasteiger partial charge >= 0.3 is 18.0 Å². The molecule has 9 heteroatoms. The van der Waals surface area contributed by atoms with E-state index in [0.29, 0.717) is 0 Å². The second-order valence-corrected chi connectivity index (χ2v) is 2.36. The third-order valence-corrected chi connectivity index (χ3v) is 1.27. The zero-order valence-corrected chi connectivity index (χ0v) is 6.62. The van der Waals surface area contributed by atoms with Crippen LogP contribution in [0.15, 0.2) is 12.2 Å². The molecule has 0 heterocycles. The first-order chi connectivity index (χ1) is 6.42. The average Bonchev–Trinajstić information content (AvgIpc) is 1.95. The van der Waals surface area contributed by atoms with Gasteiger partial charge in [0.2, 0.25) is 0 Å². The Morgan fingerprint density at radius 1 is 0.933 bits per heavy atom. The minimum atomic E-state index is -6.29. The van der Waals surface area contributed by atoms with Gasteiger partial charge in [0.1, 0.15) is 0 Å². The van der Waals surface area contributed by atoms with Crippen LogP contribution < -0.4 is 5.11 Å². The molecule has 0 rings (SSSR count). The van der Waals surface area contributed by atoms with Crippen molar-refractivity contribution in [2.24, 2.45) is 0 Å². The fourth-order valence-corrected chi connectivity index (χ4v) is 0.533. The van der Waals surface area contributed by atoms with Gasteiger partial charge in [-0.15, -0.1) is 0 Å². The van der Waals surface area contributed by atoms with E-state index in [1.807, 2.05) is 0 Å². The van der Waals surface area contributed by atoms with Crippen LogP contribution in [-0.4, -0.2) is 24.0 Å². The van der Waals surface area contributed by atoms with E-state index in [0.717, 1.165) is 0 Å². The lowest BCUT2D eigenvalue weighted by Gasteiger charge is -2.26. The summed E-state index contributed by atoms with van der Waals surface area (Å²) in [6.45, 7) is 0. The number of carbonyl (C=O) groups excluding carboxylic acids is 1. The molecule has 0 bridgehead atoms. The number of hydrogen-bond donors (Lipinski definition) is 0. The summed E-state index contributed by atoms with van der Waals surface area (Å²) in [5.41, 5.74) is -5.69. The van der Waals surface area contributed by atoms with Crippen molar-refractivity contribution in [2.75, 3.05) is 0 Å². The summed E-state index contributed by atoms with van der Waals surface area (Å²) >= 11 is 0. The van der Waals surface area contributed by atoms with Crippen molar-refractivity contribution in [1.29, 1.82) is 0 Å². The van der Waals surface area contributed by atoms with Crippen LogP contribution in [0, 0.1) is 0 Å². The van der Waals surface area contributed by atoms with Gasteiger partial charge in [-0.2, -0.15) is 26.3 Å². The molecule has 0 aliphatic rings. The highest BCUT2D eigenvalue weighted by atomic mass is 19.4. The van der Waals surface area contributed by atoms with Crippen LogP contribution >= 0.6 is 0 Å². The van der Waals surface area contributed by atoms with Gasteiger partial charge in [0.15, 0.2) is 0 Å². The summed E-state index contributed by atoms with van der Waals surface area (Å²) < 4.78 is 82.7. The number of aliphatic carboxylic acids is 1. The molecule has 0 N–H and O–H groups in total. The molecule has 0 aliphatic carbocycles. The predicted molar refractivity (Wildman–Crippen MR) is 30.1 cm³/mol. The number of hydrogen-bond acceptors (Lipinski definition) is 2. The van der Waals surface area contributed by atoms with Gasteiger partial charge in [-0.25, -0.2) is 4.39 Å². The van der Waals surface area contributed by atoms with E-state index in [1.165, 1.54) is 0 Å². The van der Waals surface area contributed by atoms with Crippen molar-refractivity contribution in [3.63, 3.8) is 0 Å². The first-order valence-corrected chi connectivity index (χ1v) is 3.14. The van der Waals surface area contributed by atoms with Crippen molar-refractivity contribution in [1.82, 2.24) is 0 Å². The van der Waals surface area contributed by atoms with E-state index < -0.39 is 36.1 Å². The van der Waals surface area contributed by atoms with Crippen molar-refractivity contribution in [3.8, 4) is 0 Å². The highest BCUT2D eigenvalue weighted by molar-refractivity contribution is 5.77. The number of carboxylic acid groups (broad SMARTS) is 1. The van der Waals surface area contributed by atoms with Crippen LogP contribution in [0.4, 0.5) is 30.7 Å². The SMILES string of the molecule is O=C([O-])C=CC(F)(C(F)(F)F)C(F)(F)F. The number of carboxylic acids is 1. The topological polar surface area (TPSA) is 40.1 Å². The molecule has 88 valence electrons. The minimum absolute atomic E-state index is 0.666. The number of allylic oxidation sites excluding steroid dienone is 1. The highest BCUT2D eigenvalue weighted by Gasteiger charge is 2.71. The smallest absolute Gasteiger partial charge is 0.435 e. The Bertz CT molecular complexity index is 260. The molecule has 0 aromatic heterocycles. The lowest BCUT2D eigenvalue weighted by molar-refractivity contribution is -0.322. The van der Waals surface area contributed by atoms with Crippen molar-refractivity contribution in [2.45, 2.75) is 18.0 Å². The van der Waals surface area contributed by atoms with Gasteiger partial charge < -0.3 is 9.90 Å². The average molecular weight is 239 g/mol. The van der Waals surface area contributed by atoms with Crippen LogP contribution in [0.5, 0.6) is 0 Å². The van der Waals surface area contributed by atoms with E-state index in [1.54, 1.807) is 0 Å². The Morgan fingerprint density at radius 3 is 1.47 bits per heavy atom. The summed E-state index contributed by atoms with van der Waals surface area (Å²) in [7, 11) is 0. The number of carbonyl (C=O) groups is 1. The summed E-state index contributed by atoms with van der Waals surface area (Å²) in [5.74, 6) is -2.37. The fraction of sp³-hybridized carbons (Fsp3) is 0.500. The first kappa shape index (κ1) is 13.7. The molecular formula is C6H2F7O2-. The van der Waals surface area contributed by atoms with Crippen LogP contribution in [-0.2, 0) is 4.79 Å². The maximum Gasteiger partial charge on any atom is 0.435 e. The third kappa shape index (κ3) is 2.83. The lowest BCUT2D eigenvalue weighted by atomic mass is 10.0. The molecule has 0 saturated heterocycles.